The highest BCUT2D eigenvalue weighted by molar-refractivity contribution is 6.04. The minimum atomic E-state index is -0.214. The molecular formula is C22H23N9O. The van der Waals surface area contributed by atoms with E-state index in [0.717, 1.165) is 24.6 Å². The quantitative estimate of drug-likeness (QED) is 0.525. The largest absolute Gasteiger partial charge is 0.338 e. The van der Waals surface area contributed by atoms with Crippen LogP contribution in [-0.2, 0) is 0 Å². The highest BCUT2D eigenvalue weighted by Gasteiger charge is 2.30. The van der Waals surface area contributed by atoms with Crippen molar-refractivity contribution < 1.29 is 4.79 Å². The average molecular weight is 429 g/mol. The van der Waals surface area contributed by atoms with E-state index in [4.69, 9.17) is 0 Å². The fourth-order valence-electron chi connectivity index (χ4n) is 3.80. The van der Waals surface area contributed by atoms with Gasteiger partial charge in [0.25, 0.3) is 5.91 Å². The predicted molar refractivity (Wildman–Crippen MR) is 120 cm³/mol. The molecule has 0 aromatic carbocycles. The van der Waals surface area contributed by atoms with Crippen LogP contribution in [0.1, 0.15) is 27.9 Å². The lowest BCUT2D eigenvalue weighted by atomic mass is 10.1. The number of amides is 1. The second-order valence-corrected chi connectivity index (χ2v) is 7.84. The number of hydrogen-bond donors (Lipinski definition) is 1. The Morgan fingerprint density at radius 1 is 1.06 bits per heavy atom. The van der Waals surface area contributed by atoms with Gasteiger partial charge >= 0.3 is 0 Å². The van der Waals surface area contributed by atoms with Crippen molar-refractivity contribution >= 4 is 23.2 Å². The molecule has 1 atom stereocenters. The van der Waals surface area contributed by atoms with Gasteiger partial charge < -0.3 is 10.2 Å². The summed E-state index contributed by atoms with van der Waals surface area (Å²) in [6.45, 7) is 4.23. The lowest BCUT2D eigenvalue weighted by molar-refractivity contribution is 0.102. The van der Waals surface area contributed by atoms with Gasteiger partial charge in [-0.05, 0) is 44.3 Å². The van der Waals surface area contributed by atoms with Crippen molar-refractivity contribution in [3.05, 3.63) is 72.2 Å². The van der Waals surface area contributed by atoms with Gasteiger partial charge in [-0.2, -0.15) is 0 Å². The van der Waals surface area contributed by atoms with Gasteiger partial charge in [-0.15, -0.1) is 10.2 Å². The molecular weight excluding hydrogens is 406 g/mol. The monoisotopic (exact) mass is 429 g/mol. The van der Waals surface area contributed by atoms with Crippen molar-refractivity contribution in [3.63, 3.8) is 0 Å². The molecule has 1 aliphatic rings. The van der Waals surface area contributed by atoms with Crippen LogP contribution in [0.25, 0.3) is 5.65 Å². The summed E-state index contributed by atoms with van der Waals surface area (Å²) in [5.74, 6) is 1.26. The van der Waals surface area contributed by atoms with Crippen molar-refractivity contribution in [2.45, 2.75) is 13.0 Å². The van der Waals surface area contributed by atoms with Crippen LogP contribution in [0.3, 0.4) is 0 Å². The molecule has 5 rings (SSSR count). The molecule has 1 aliphatic heterocycles. The van der Waals surface area contributed by atoms with Crippen LogP contribution in [0.2, 0.25) is 0 Å². The van der Waals surface area contributed by atoms with E-state index in [1.807, 2.05) is 29.5 Å². The molecule has 1 amide bonds. The summed E-state index contributed by atoms with van der Waals surface area (Å²) in [4.78, 5) is 30.2. The molecule has 32 heavy (non-hydrogen) atoms. The molecule has 1 N–H and O–H groups in total. The number of carbonyl (C=O) groups excluding carboxylic acids is 1. The predicted octanol–water partition coefficient (Wildman–Crippen LogP) is 1.97. The molecule has 0 saturated carbocycles. The third-order valence-electron chi connectivity index (χ3n) is 5.64. The molecule has 10 heteroatoms. The van der Waals surface area contributed by atoms with E-state index >= 15 is 0 Å². The maximum Gasteiger partial charge on any atom is 0.257 e. The smallest absolute Gasteiger partial charge is 0.257 e. The second-order valence-electron chi connectivity index (χ2n) is 7.84. The molecule has 5 heterocycles. The van der Waals surface area contributed by atoms with Crippen LogP contribution in [0, 0.1) is 6.92 Å². The third kappa shape index (κ3) is 3.87. The summed E-state index contributed by atoms with van der Waals surface area (Å²) in [5, 5.41) is 11.7. The van der Waals surface area contributed by atoms with E-state index in [-0.39, 0.29) is 11.9 Å². The SMILES string of the molecule is Cc1ccc(NC(=O)c2ccc3nnc([C@H]4CN(c5ncccn5)CCN4C)n3c2)cn1. The number of aryl methyl sites for hydroxylation is 1. The molecule has 0 bridgehead atoms. The summed E-state index contributed by atoms with van der Waals surface area (Å²) in [6.07, 6.45) is 6.92. The van der Waals surface area contributed by atoms with Crippen molar-refractivity contribution in [3.8, 4) is 0 Å². The van der Waals surface area contributed by atoms with Crippen molar-refractivity contribution in [1.29, 1.82) is 0 Å². The van der Waals surface area contributed by atoms with Gasteiger partial charge in [-0.25, -0.2) is 9.97 Å². The van der Waals surface area contributed by atoms with Crippen LogP contribution in [0.4, 0.5) is 11.6 Å². The minimum Gasteiger partial charge on any atom is -0.338 e. The van der Waals surface area contributed by atoms with Gasteiger partial charge in [0, 0.05) is 43.9 Å². The Bertz CT molecular complexity index is 1240. The molecule has 1 saturated heterocycles. The van der Waals surface area contributed by atoms with E-state index in [1.165, 1.54) is 0 Å². The van der Waals surface area contributed by atoms with E-state index in [2.05, 4.69) is 47.3 Å². The third-order valence-corrected chi connectivity index (χ3v) is 5.64. The summed E-state index contributed by atoms with van der Waals surface area (Å²) >= 11 is 0. The molecule has 4 aromatic rings. The highest BCUT2D eigenvalue weighted by atomic mass is 16.1. The van der Waals surface area contributed by atoms with Gasteiger partial charge in [0.1, 0.15) is 0 Å². The standard InChI is InChI=1S/C22H23N9O/c1-15-4-6-17(12-25-15)26-21(32)16-5-7-19-27-28-20(31(19)13-16)18-14-30(11-10-29(18)2)22-23-8-3-9-24-22/h3-9,12-13,18H,10-11,14H2,1-2H3,(H,26,32)/t18-/m1/s1. The average Bonchev–Trinajstić information content (AvgIpc) is 3.24. The van der Waals surface area contributed by atoms with Crippen LogP contribution in [0.15, 0.2) is 55.1 Å². The maximum atomic E-state index is 12.8. The van der Waals surface area contributed by atoms with E-state index in [1.54, 1.807) is 36.9 Å². The number of carbonyl (C=O) groups is 1. The van der Waals surface area contributed by atoms with Crippen LogP contribution in [0.5, 0.6) is 0 Å². The Labute approximate surface area is 185 Å². The Morgan fingerprint density at radius 3 is 2.69 bits per heavy atom. The fourth-order valence-corrected chi connectivity index (χ4v) is 3.80. The van der Waals surface area contributed by atoms with Crippen LogP contribution < -0.4 is 10.2 Å². The summed E-state index contributed by atoms with van der Waals surface area (Å²) in [5.41, 5.74) is 2.75. The van der Waals surface area contributed by atoms with Crippen molar-refractivity contribution in [1.82, 2.24) is 34.4 Å². The summed E-state index contributed by atoms with van der Waals surface area (Å²) in [6, 6.07) is 9.03. The minimum absolute atomic E-state index is 0.0258. The molecule has 162 valence electrons. The Balaban J connectivity index is 1.42. The van der Waals surface area contributed by atoms with Crippen LogP contribution in [-0.4, -0.2) is 67.0 Å². The Kier molecular flexibility index (Phi) is 5.20. The van der Waals surface area contributed by atoms with Gasteiger partial charge in [0.15, 0.2) is 11.5 Å². The topological polar surface area (TPSA) is 104 Å². The normalized spacial score (nSPS) is 16.9. The zero-order chi connectivity index (χ0) is 22.1. The summed E-state index contributed by atoms with van der Waals surface area (Å²) < 4.78 is 1.89. The number of fused-ring (bicyclic) bond motifs is 1. The first-order chi connectivity index (χ1) is 15.6. The number of aromatic nitrogens is 6. The molecule has 0 unspecified atom stereocenters. The number of pyridine rings is 2. The lowest BCUT2D eigenvalue weighted by Crippen LogP contribution is -2.47. The zero-order valence-electron chi connectivity index (χ0n) is 17.9. The number of likely N-dealkylation sites (N-methyl/N-ethyl adjacent to an activating group) is 1. The van der Waals surface area contributed by atoms with Gasteiger partial charge in [0.2, 0.25) is 5.95 Å². The first kappa shape index (κ1) is 20.0. The molecule has 4 aromatic heterocycles. The zero-order valence-corrected chi connectivity index (χ0v) is 17.9. The number of hydrogen-bond acceptors (Lipinski definition) is 8. The van der Waals surface area contributed by atoms with E-state index < -0.39 is 0 Å². The van der Waals surface area contributed by atoms with E-state index in [0.29, 0.717) is 29.4 Å². The first-order valence-electron chi connectivity index (χ1n) is 10.4. The molecule has 10 nitrogen and oxygen atoms in total. The van der Waals surface area contributed by atoms with Gasteiger partial charge in [-0.3, -0.25) is 19.1 Å². The lowest BCUT2D eigenvalue weighted by Gasteiger charge is -2.38. The Hall–Kier alpha value is -3.92. The summed E-state index contributed by atoms with van der Waals surface area (Å²) in [7, 11) is 2.07. The maximum absolute atomic E-state index is 12.8. The van der Waals surface area contributed by atoms with Gasteiger partial charge in [0.05, 0.1) is 23.5 Å². The van der Waals surface area contributed by atoms with Gasteiger partial charge in [-0.1, -0.05) is 0 Å². The van der Waals surface area contributed by atoms with Crippen LogP contribution >= 0.6 is 0 Å². The van der Waals surface area contributed by atoms with E-state index in [9.17, 15) is 4.79 Å². The number of rotatable bonds is 4. The first-order valence-corrected chi connectivity index (χ1v) is 10.4. The molecule has 0 spiro atoms. The molecule has 0 aliphatic carbocycles. The molecule has 1 fully saturated rings. The highest BCUT2D eigenvalue weighted by Crippen LogP contribution is 2.25. The number of nitrogens with one attached hydrogen (secondary N) is 1. The van der Waals surface area contributed by atoms with Crippen molar-refractivity contribution in [2.24, 2.45) is 0 Å². The number of piperazine rings is 1. The Morgan fingerprint density at radius 2 is 1.91 bits per heavy atom. The number of nitrogens with zero attached hydrogens (tertiary/aromatic N) is 8. The second kappa shape index (κ2) is 8.31. The number of anilines is 2. The fraction of sp³-hybridized carbons (Fsp3) is 0.273. The molecule has 0 radical (unpaired) electrons. The van der Waals surface area contributed by atoms with Crippen molar-refractivity contribution in [2.75, 3.05) is 36.9 Å².